The molecule has 2 aliphatic rings. The fourth-order valence-electron chi connectivity index (χ4n) is 3.75. The van der Waals surface area contributed by atoms with Crippen molar-refractivity contribution in [3.63, 3.8) is 0 Å². The summed E-state index contributed by atoms with van der Waals surface area (Å²) >= 11 is 11.8. The van der Waals surface area contributed by atoms with Crippen molar-refractivity contribution in [2.24, 2.45) is 0 Å². The highest BCUT2D eigenvalue weighted by molar-refractivity contribution is 6.30. The highest BCUT2D eigenvalue weighted by atomic mass is 35.5. The Morgan fingerprint density at radius 2 is 1.34 bits per heavy atom. The van der Waals surface area contributed by atoms with Gasteiger partial charge < -0.3 is 14.5 Å². The number of carbonyl (C=O) groups is 2. The minimum absolute atomic E-state index is 0.0235. The maximum absolute atomic E-state index is 13.1. The molecule has 1 aliphatic carbocycles. The van der Waals surface area contributed by atoms with E-state index in [1.807, 2.05) is 29.2 Å². The molecule has 4 rings (SSSR count). The maximum atomic E-state index is 13.1. The van der Waals surface area contributed by atoms with Gasteiger partial charge in [-0.05, 0) is 54.8 Å². The molecule has 0 spiro atoms. The summed E-state index contributed by atoms with van der Waals surface area (Å²) in [5, 5.41) is 1.29. The standard InChI is InChI=1S/C22H22Cl2N2O3/c23-17-3-1-16(2-4-17)22(9-10-22)21(28)26-13-11-25(12-14-26)20(27)15-29-19-7-5-18(24)6-8-19/h1-8H,9-15H2. The van der Waals surface area contributed by atoms with E-state index in [4.69, 9.17) is 27.9 Å². The largest absolute Gasteiger partial charge is 0.484 e. The monoisotopic (exact) mass is 432 g/mol. The van der Waals surface area contributed by atoms with Crippen molar-refractivity contribution in [2.45, 2.75) is 18.3 Å². The van der Waals surface area contributed by atoms with Gasteiger partial charge in [-0.15, -0.1) is 0 Å². The first-order valence-electron chi connectivity index (χ1n) is 9.69. The van der Waals surface area contributed by atoms with E-state index >= 15 is 0 Å². The third-order valence-corrected chi connectivity index (χ3v) is 6.16. The second-order valence-corrected chi connectivity index (χ2v) is 8.38. The Kier molecular flexibility index (Phi) is 5.70. The Morgan fingerprint density at radius 1 is 0.828 bits per heavy atom. The first-order valence-corrected chi connectivity index (χ1v) is 10.5. The topological polar surface area (TPSA) is 49.9 Å². The molecule has 7 heteroatoms. The zero-order valence-corrected chi connectivity index (χ0v) is 17.5. The molecule has 2 aromatic rings. The zero-order valence-electron chi connectivity index (χ0n) is 15.9. The van der Waals surface area contributed by atoms with Gasteiger partial charge in [0, 0.05) is 36.2 Å². The first-order chi connectivity index (χ1) is 14.0. The summed E-state index contributed by atoms with van der Waals surface area (Å²) in [4.78, 5) is 29.2. The van der Waals surface area contributed by atoms with Gasteiger partial charge in [0.05, 0.1) is 5.41 Å². The minimum Gasteiger partial charge on any atom is -0.484 e. The summed E-state index contributed by atoms with van der Waals surface area (Å²) in [6.07, 6.45) is 1.73. The SMILES string of the molecule is O=C(COc1ccc(Cl)cc1)N1CCN(C(=O)C2(c3ccc(Cl)cc3)CC2)CC1. The van der Waals surface area contributed by atoms with Crippen molar-refractivity contribution >= 4 is 35.0 Å². The Labute approximate surface area is 180 Å². The second kappa shape index (κ2) is 8.25. The van der Waals surface area contributed by atoms with E-state index in [1.54, 1.807) is 29.2 Å². The normalized spacial score (nSPS) is 17.7. The number of halogens is 2. The molecule has 0 radical (unpaired) electrons. The molecule has 1 saturated carbocycles. The number of benzene rings is 2. The quantitative estimate of drug-likeness (QED) is 0.722. The van der Waals surface area contributed by atoms with Crippen LogP contribution in [0.5, 0.6) is 5.75 Å². The van der Waals surface area contributed by atoms with E-state index in [-0.39, 0.29) is 18.4 Å². The number of rotatable bonds is 5. The molecule has 1 aliphatic heterocycles. The number of nitrogens with zero attached hydrogens (tertiary/aromatic N) is 2. The van der Waals surface area contributed by atoms with Crippen LogP contribution in [-0.4, -0.2) is 54.4 Å². The Hall–Kier alpha value is -2.24. The molecular formula is C22H22Cl2N2O3. The van der Waals surface area contributed by atoms with Crippen LogP contribution in [0, 0.1) is 0 Å². The lowest BCUT2D eigenvalue weighted by atomic mass is 9.94. The fourth-order valence-corrected chi connectivity index (χ4v) is 4.00. The lowest BCUT2D eigenvalue weighted by Gasteiger charge is -2.36. The Bertz CT molecular complexity index is 887. The molecular weight excluding hydrogens is 411 g/mol. The number of amides is 2. The smallest absolute Gasteiger partial charge is 0.260 e. The van der Waals surface area contributed by atoms with E-state index in [0.717, 1.165) is 18.4 Å². The van der Waals surface area contributed by atoms with E-state index in [0.29, 0.717) is 42.0 Å². The summed E-state index contributed by atoms with van der Waals surface area (Å²) in [6, 6.07) is 14.5. The number of ether oxygens (including phenoxy) is 1. The molecule has 2 aromatic carbocycles. The minimum atomic E-state index is -0.408. The Morgan fingerprint density at radius 3 is 1.90 bits per heavy atom. The van der Waals surface area contributed by atoms with Crippen LogP contribution in [0.4, 0.5) is 0 Å². The van der Waals surface area contributed by atoms with Crippen molar-refractivity contribution in [2.75, 3.05) is 32.8 Å². The van der Waals surface area contributed by atoms with Gasteiger partial charge in [0.2, 0.25) is 5.91 Å². The van der Waals surface area contributed by atoms with Crippen molar-refractivity contribution in [3.05, 3.63) is 64.1 Å². The molecule has 1 saturated heterocycles. The van der Waals surface area contributed by atoms with Crippen molar-refractivity contribution in [1.29, 1.82) is 0 Å². The molecule has 29 heavy (non-hydrogen) atoms. The van der Waals surface area contributed by atoms with Gasteiger partial charge in [-0.2, -0.15) is 0 Å². The van der Waals surface area contributed by atoms with E-state index in [1.165, 1.54) is 0 Å². The molecule has 0 bridgehead atoms. The molecule has 0 aromatic heterocycles. The first kappa shape index (κ1) is 20.0. The number of hydrogen-bond acceptors (Lipinski definition) is 3. The van der Waals surface area contributed by atoms with Crippen molar-refractivity contribution in [3.8, 4) is 5.75 Å². The highest BCUT2D eigenvalue weighted by Crippen LogP contribution is 2.49. The zero-order chi connectivity index (χ0) is 20.4. The van der Waals surface area contributed by atoms with Crippen LogP contribution in [0.25, 0.3) is 0 Å². The summed E-state index contributed by atoms with van der Waals surface area (Å²) < 4.78 is 5.54. The van der Waals surface area contributed by atoms with Gasteiger partial charge >= 0.3 is 0 Å². The lowest BCUT2D eigenvalue weighted by Crippen LogP contribution is -2.53. The average Bonchev–Trinajstić information content (AvgIpc) is 3.55. The molecule has 2 amide bonds. The number of carbonyl (C=O) groups excluding carboxylic acids is 2. The summed E-state index contributed by atoms with van der Waals surface area (Å²) in [7, 11) is 0. The van der Waals surface area contributed by atoms with Crippen LogP contribution in [0.1, 0.15) is 18.4 Å². The van der Waals surface area contributed by atoms with Gasteiger partial charge in [-0.1, -0.05) is 35.3 Å². The number of hydrogen-bond donors (Lipinski definition) is 0. The summed E-state index contributed by atoms with van der Waals surface area (Å²) in [6.45, 7) is 2.10. The third-order valence-electron chi connectivity index (χ3n) is 5.65. The predicted molar refractivity (Wildman–Crippen MR) is 112 cm³/mol. The molecule has 152 valence electrons. The molecule has 1 heterocycles. The van der Waals surface area contributed by atoms with Gasteiger partial charge in [-0.25, -0.2) is 0 Å². The Balaban J connectivity index is 1.29. The van der Waals surface area contributed by atoms with Gasteiger partial charge in [0.25, 0.3) is 5.91 Å². The van der Waals surface area contributed by atoms with Crippen LogP contribution in [-0.2, 0) is 15.0 Å². The fraction of sp³-hybridized carbons (Fsp3) is 0.364. The third kappa shape index (κ3) is 4.36. The molecule has 0 unspecified atom stereocenters. The summed E-state index contributed by atoms with van der Waals surface area (Å²) in [5.41, 5.74) is 0.621. The van der Waals surface area contributed by atoms with E-state index in [2.05, 4.69) is 0 Å². The molecule has 2 fully saturated rings. The molecule has 0 N–H and O–H groups in total. The predicted octanol–water partition coefficient (Wildman–Crippen LogP) is 3.77. The molecule has 5 nitrogen and oxygen atoms in total. The van der Waals surface area contributed by atoms with Gasteiger partial charge in [0.15, 0.2) is 6.61 Å². The van der Waals surface area contributed by atoms with Crippen LogP contribution >= 0.6 is 23.2 Å². The van der Waals surface area contributed by atoms with Crippen molar-refractivity contribution < 1.29 is 14.3 Å². The van der Waals surface area contributed by atoms with Crippen LogP contribution in [0.2, 0.25) is 10.0 Å². The molecule has 0 atom stereocenters. The van der Waals surface area contributed by atoms with Crippen LogP contribution in [0.15, 0.2) is 48.5 Å². The van der Waals surface area contributed by atoms with Crippen molar-refractivity contribution in [1.82, 2.24) is 9.80 Å². The number of piperazine rings is 1. The van der Waals surface area contributed by atoms with E-state index in [9.17, 15) is 9.59 Å². The second-order valence-electron chi connectivity index (χ2n) is 7.50. The highest BCUT2D eigenvalue weighted by Gasteiger charge is 2.53. The van der Waals surface area contributed by atoms with Crippen LogP contribution in [0.3, 0.4) is 0 Å². The van der Waals surface area contributed by atoms with Crippen LogP contribution < -0.4 is 4.74 Å². The lowest BCUT2D eigenvalue weighted by molar-refractivity contribution is -0.142. The van der Waals surface area contributed by atoms with Gasteiger partial charge in [-0.3, -0.25) is 9.59 Å². The van der Waals surface area contributed by atoms with E-state index < -0.39 is 5.41 Å². The average molecular weight is 433 g/mol. The maximum Gasteiger partial charge on any atom is 0.260 e. The summed E-state index contributed by atoms with van der Waals surface area (Å²) in [5.74, 6) is 0.686. The van der Waals surface area contributed by atoms with Gasteiger partial charge in [0.1, 0.15) is 5.75 Å².